The van der Waals surface area contributed by atoms with Crippen LogP contribution in [0.15, 0.2) is 11.6 Å². The fraction of sp³-hybridized carbons (Fsp3) is 0.692. The molecule has 0 saturated heterocycles. The van der Waals surface area contributed by atoms with Crippen LogP contribution in [0.5, 0.6) is 0 Å². The highest BCUT2D eigenvalue weighted by molar-refractivity contribution is 7.09. The number of rotatable bonds is 2. The van der Waals surface area contributed by atoms with Crippen LogP contribution in [0, 0.1) is 11.3 Å². The minimum absolute atomic E-state index is 0.150. The molecule has 1 saturated carbocycles. The number of carbonyl (C=O) groups is 1. The fourth-order valence-corrected chi connectivity index (χ4v) is 3.72. The molecule has 1 N–H and O–H groups in total. The third-order valence-corrected chi connectivity index (χ3v) is 4.82. The molecule has 1 aliphatic rings. The first-order valence-corrected chi connectivity index (χ1v) is 6.97. The minimum atomic E-state index is -0.901. The second kappa shape index (κ2) is 4.63. The van der Waals surface area contributed by atoms with Gasteiger partial charge >= 0.3 is 5.97 Å². The van der Waals surface area contributed by atoms with E-state index >= 15 is 0 Å². The van der Waals surface area contributed by atoms with Gasteiger partial charge in [-0.3, -0.25) is 4.79 Å². The summed E-state index contributed by atoms with van der Waals surface area (Å²) in [5, 5.41) is 13.4. The Hall–Kier alpha value is -0.940. The number of hydrogen-bond acceptors (Lipinski definition) is 5. The molecule has 0 radical (unpaired) electrons. The first kappa shape index (κ1) is 13.5. The van der Waals surface area contributed by atoms with Crippen LogP contribution >= 0.6 is 11.3 Å². The van der Waals surface area contributed by atoms with Crippen LogP contribution in [0.1, 0.15) is 38.1 Å². The topological polar surface area (TPSA) is 59.4 Å². The molecule has 5 heteroatoms. The number of thiazole rings is 1. The summed E-state index contributed by atoms with van der Waals surface area (Å²) in [4.78, 5) is 16.0. The van der Waals surface area contributed by atoms with E-state index in [1.165, 1.54) is 18.4 Å². The van der Waals surface area contributed by atoms with E-state index in [-0.39, 0.29) is 17.3 Å². The van der Waals surface area contributed by atoms with Crippen molar-refractivity contribution in [3.8, 4) is 0 Å². The van der Waals surface area contributed by atoms with Gasteiger partial charge in [0.25, 0.3) is 0 Å². The number of aromatic nitrogens is 1. The smallest absolute Gasteiger partial charge is 0.309 e. The van der Waals surface area contributed by atoms with E-state index in [2.05, 4.69) is 4.98 Å². The predicted molar refractivity (Wildman–Crippen MR) is 69.1 cm³/mol. The molecule has 4 nitrogen and oxygen atoms in total. The maximum Gasteiger partial charge on any atom is 0.309 e. The summed E-state index contributed by atoms with van der Waals surface area (Å²) < 4.78 is 4.85. The summed E-state index contributed by atoms with van der Waals surface area (Å²) in [5.41, 5.74) is -1.19. The van der Waals surface area contributed by atoms with Crippen molar-refractivity contribution in [1.29, 1.82) is 0 Å². The lowest BCUT2D eigenvalue weighted by atomic mass is 9.63. The number of esters is 1. The Kier molecular flexibility index (Phi) is 3.47. The van der Waals surface area contributed by atoms with Crippen LogP contribution in [0.4, 0.5) is 0 Å². The lowest BCUT2D eigenvalue weighted by Gasteiger charge is -2.44. The Bertz CT molecular complexity index is 429. The second-order valence-electron chi connectivity index (χ2n) is 5.65. The lowest BCUT2D eigenvalue weighted by Crippen LogP contribution is -2.45. The van der Waals surface area contributed by atoms with Crippen molar-refractivity contribution >= 4 is 17.3 Å². The summed E-state index contributed by atoms with van der Waals surface area (Å²) in [6, 6.07) is 0. The quantitative estimate of drug-likeness (QED) is 0.837. The van der Waals surface area contributed by atoms with E-state index in [1.54, 1.807) is 6.20 Å². The highest BCUT2D eigenvalue weighted by Gasteiger charge is 2.49. The third-order valence-electron chi connectivity index (χ3n) is 3.85. The van der Waals surface area contributed by atoms with Gasteiger partial charge < -0.3 is 9.84 Å². The molecule has 100 valence electrons. The Labute approximate surface area is 111 Å². The Morgan fingerprint density at radius 1 is 1.61 bits per heavy atom. The van der Waals surface area contributed by atoms with Crippen molar-refractivity contribution in [3.05, 3.63) is 16.6 Å². The van der Waals surface area contributed by atoms with Gasteiger partial charge in [0.05, 0.1) is 13.0 Å². The SMILES string of the molecule is COC(=O)[C@@H]1CC[C@@](O)(c2nccs2)CC1(C)C. The molecule has 1 fully saturated rings. The monoisotopic (exact) mass is 269 g/mol. The first-order valence-electron chi connectivity index (χ1n) is 6.09. The van der Waals surface area contributed by atoms with E-state index in [1.807, 2.05) is 19.2 Å². The highest BCUT2D eigenvalue weighted by atomic mass is 32.1. The normalized spacial score (nSPS) is 31.0. The molecule has 0 unspecified atom stereocenters. The number of aliphatic hydroxyl groups is 1. The Morgan fingerprint density at radius 2 is 2.33 bits per heavy atom. The van der Waals surface area contributed by atoms with Crippen molar-refractivity contribution in [2.75, 3.05) is 7.11 Å². The molecule has 0 amide bonds. The van der Waals surface area contributed by atoms with E-state index in [0.717, 1.165) is 5.01 Å². The lowest BCUT2D eigenvalue weighted by molar-refractivity contribution is -0.157. The van der Waals surface area contributed by atoms with Gasteiger partial charge in [-0.05, 0) is 24.7 Å². The molecule has 0 spiro atoms. The molecule has 0 aromatic carbocycles. The van der Waals surface area contributed by atoms with Gasteiger partial charge in [-0.25, -0.2) is 4.98 Å². The molecule has 2 rings (SSSR count). The minimum Gasteiger partial charge on any atom is -0.469 e. The van der Waals surface area contributed by atoms with Crippen LogP contribution in [-0.2, 0) is 15.1 Å². The summed E-state index contributed by atoms with van der Waals surface area (Å²) in [5.74, 6) is -0.330. The van der Waals surface area contributed by atoms with Gasteiger partial charge in [-0.15, -0.1) is 11.3 Å². The van der Waals surface area contributed by atoms with Crippen LogP contribution in [0.3, 0.4) is 0 Å². The third kappa shape index (κ3) is 2.29. The van der Waals surface area contributed by atoms with Gasteiger partial charge in [0.1, 0.15) is 10.6 Å². The molecule has 0 aliphatic heterocycles. The van der Waals surface area contributed by atoms with Gasteiger partial charge in [-0.2, -0.15) is 0 Å². The van der Waals surface area contributed by atoms with Crippen molar-refractivity contribution in [2.45, 2.75) is 38.7 Å². The number of nitrogens with zero attached hydrogens (tertiary/aromatic N) is 1. The second-order valence-corrected chi connectivity index (χ2v) is 6.54. The molecule has 1 heterocycles. The van der Waals surface area contributed by atoms with E-state index in [9.17, 15) is 9.90 Å². The number of ether oxygens (including phenoxy) is 1. The predicted octanol–water partition coefficient (Wildman–Crippen LogP) is 2.33. The molecule has 18 heavy (non-hydrogen) atoms. The van der Waals surface area contributed by atoms with Gasteiger partial charge in [0.2, 0.25) is 0 Å². The molecule has 1 aromatic rings. The molecular formula is C13H19NO3S. The van der Waals surface area contributed by atoms with E-state index in [0.29, 0.717) is 19.3 Å². The van der Waals surface area contributed by atoms with Crippen LogP contribution in [0.25, 0.3) is 0 Å². The number of hydrogen-bond donors (Lipinski definition) is 1. The van der Waals surface area contributed by atoms with Crippen LogP contribution in [0.2, 0.25) is 0 Å². The Morgan fingerprint density at radius 3 is 2.83 bits per heavy atom. The van der Waals surface area contributed by atoms with E-state index < -0.39 is 5.60 Å². The zero-order valence-corrected chi connectivity index (χ0v) is 11.8. The van der Waals surface area contributed by atoms with E-state index in [4.69, 9.17) is 4.74 Å². The maximum absolute atomic E-state index is 11.8. The first-order chi connectivity index (χ1) is 8.39. The summed E-state index contributed by atoms with van der Waals surface area (Å²) >= 11 is 1.47. The maximum atomic E-state index is 11.8. The number of carbonyl (C=O) groups excluding carboxylic acids is 1. The van der Waals surface area contributed by atoms with Gasteiger partial charge in [0, 0.05) is 11.6 Å². The summed E-state index contributed by atoms with van der Waals surface area (Å²) in [6.45, 7) is 4.01. The van der Waals surface area contributed by atoms with Crippen molar-refractivity contribution < 1.29 is 14.6 Å². The van der Waals surface area contributed by atoms with Crippen molar-refractivity contribution in [1.82, 2.24) is 4.98 Å². The molecule has 2 atom stereocenters. The molecule has 1 aromatic heterocycles. The zero-order valence-electron chi connectivity index (χ0n) is 11.0. The zero-order chi connectivity index (χ0) is 13.4. The van der Waals surface area contributed by atoms with Crippen LogP contribution < -0.4 is 0 Å². The van der Waals surface area contributed by atoms with Crippen molar-refractivity contribution in [2.24, 2.45) is 11.3 Å². The standard InChI is InChI=1S/C13H19NO3S/c1-12(2)8-13(16,11-14-6-7-18-11)5-4-9(12)10(15)17-3/h6-7,9,16H,4-5,8H2,1-3H3/t9-,13-/m0/s1. The molecule has 1 aliphatic carbocycles. The summed E-state index contributed by atoms with van der Waals surface area (Å²) in [7, 11) is 1.42. The van der Waals surface area contributed by atoms with Crippen molar-refractivity contribution in [3.63, 3.8) is 0 Å². The average Bonchev–Trinajstić information content (AvgIpc) is 2.81. The molecule has 0 bridgehead atoms. The fourth-order valence-electron chi connectivity index (χ4n) is 2.95. The average molecular weight is 269 g/mol. The van der Waals surface area contributed by atoms with Gasteiger partial charge in [-0.1, -0.05) is 13.8 Å². The van der Waals surface area contributed by atoms with Crippen LogP contribution in [-0.4, -0.2) is 23.2 Å². The molecular weight excluding hydrogens is 250 g/mol. The highest BCUT2D eigenvalue weighted by Crippen LogP contribution is 2.50. The number of methoxy groups -OCH3 is 1. The largest absolute Gasteiger partial charge is 0.469 e. The van der Waals surface area contributed by atoms with Gasteiger partial charge in [0.15, 0.2) is 0 Å². The summed E-state index contributed by atoms with van der Waals surface area (Å²) in [6.07, 6.45) is 3.43. The Balaban J connectivity index is 2.22.